The maximum Gasteiger partial charge on any atom is 0.251 e. The monoisotopic (exact) mass is 275 g/mol. The molecule has 0 fully saturated rings. The molecule has 6 heteroatoms. The highest BCUT2D eigenvalue weighted by Crippen LogP contribution is 2.27. The van der Waals surface area contributed by atoms with Crippen molar-refractivity contribution in [3.05, 3.63) is 42.0 Å². The van der Waals surface area contributed by atoms with Gasteiger partial charge in [-0.2, -0.15) is 0 Å². The summed E-state index contributed by atoms with van der Waals surface area (Å²) >= 11 is 0. The van der Waals surface area contributed by atoms with E-state index >= 15 is 0 Å². The Kier molecular flexibility index (Phi) is 4.24. The van der Waals surface area contributed by atoms with Crippen LogP contribution in [0.4, 0.5) is 0 Å². The molecule has 0 aliphatic rings. The number of ether oxygens (including phenoxy) is 2. The van der Waals surface area contributed by atoms with Crippen molar-refractivity contribution in [1.29, 1.82) is 0 Å². The van der Waals surface area contributed by atoms with E-state index in [-0.39, 0.29) is 5.91 Å². The molecule has 2 aromatic rings. The number of hydrogen-bond acceptors (Lipinski definition) is 4. The van der Waals surface area contributed by atoms with Gasteiger partial charge < -0.3 is 19.4 Å². The highest BCUT2D eigenvalue weighted by atomic mass is 16.5. The Morgan fingerprint density at radius 3 is 2.65 bits per heavy atom. The van der Waals surface area contributed by atoms with Crippen LogP contribution in [0.1, 0.15) is 16.2 Å². The molecule has 0 saturated heterocycles. The summed E-state index contributed by atoms with van der Waals surface area (Å²) in [4.78, 5) is 16.2. The summed E-state index contributed by atoms with van der Waals surface area (Å²) in [6.45, 7) is 0.372. The average molecular weight is 275 g/mol. The molecule has 0 radical (unpaired) electrons. The van der Waals surface area contributed by atoms with E-state index in [1.165, 1.54) is 7.11 Å². The highest BCUT2D eigenvalue weighted by molar-refractivity contribution is 5.94. The Bertz CT molecular complexity index is 607. The van der Waals surface area contributed by atoms with Gasteiger partial charge in [-0.25, -0.2) is 4.98 Å². The minimum Gasteiger partial charge on any atom is -0.493 e. The molecule has 0 atom stereocenters. The van der Waals surface area contributed by atoms with E-state index in [4.69, 9.17) is 9.47 Å². The van der Waals surface area contributed by atoms with Crippen molar-refractivity contribution < 1.29 is 14.3 Å². The number of nitrogens with one attached hydrogen (secondary N) is 1. The van der Waals surface area contributed by atoms with Crippen molar-refractivity contribution in [2.45, 2.75) is 6.54 Å². The Morgan fingerprint density at radius 1 is 1.30 bits per heavy atom. The van der Waals surface area contributed by atoms with Crippen LogP contribution in [0.15, 0.2) is 30.6 Å². The lowest BCUT2D eigenvalue weighted by molar-refractivity contribution is 0.0949. The van der Waals surface area contributed by atoms with Crippen molar-refractivity contribution in [3.8, 4) is 11.5 Å². The molecule has 6 nitrogen and oxygen atoms in total. The number of carbonyl (C=O) groups is 1. The molecule has 0 spiro atoms. The lowest BCUT2D eigenvalue weighted by atomic mass is 10.2. The quantitative estimate of drug-likeness (QED) is 0.895. The number of aromatic nitrogens is 2. The zero-order valence-electron chi connectivity index (χ0n) is 11.7. The smallest absolute Gasteiger partial charge is 0.251 e. The summed E-state index contributed by atoms with van der Waals surface area (Å²) in [7, 11) is 4.97. The van der Waals surface area contributed by atoms with Gasteiger partial charge in [0.15, 0.2) is 11.5 Å². The molecule has 1 heterocycles. The molecule has 1 aromatic carbocycles. The number of nitrogens with zero attached hydrogens (tertiary/aromatic N) is 2. The third-order valence-electron chi connectivity index (χ3n) is 2.97. The molecule has 1 N–H and O–H groups in total. The molecule has 1 aromatic heterocycles. The average Bonchev–Trinajstić information content (AvgIpc) is 2.89. The molecule has 2 rings (SSSR count). The molecule has 1 amide bonds. The lowest BCUT2D eigenvalue weighted by Crippen LogP contribution is -2.24. The molecule has 106 valence electrons. The molecule has 0 unspecified atom stereocenters. The van der Waals surface area contributed by atoms with Gasteiger partial charge in [0, 0.05) is 25.0 Å². The third-order valence-corrected chi connectivity index (χ3v) is 2.97. The number of hydrogen-bond donors (Lipinski definition) is 1. The fourth-order valence-electron chi connectivity index (χ4n) is 1.81. The predicted molar refractivity (Wildman–Crippen MR) is 73.9 cm³/mol. The molecule has 0 aliphatic carbocycles. The first-order valence-electron chi connectivity index (χ1n) is 6.12. The summed E-state index contributed by atoms with van der Waals surface area (Å²) in [6.07, 6.45) is 3.52. The maximum absolute atomic E-state index is 12.1. The lowest BCUT2D eigenvalue weighted by Gasteiger charge is -2.10. The molecule has 0 bridgehead atoms. The number of methoxy groups -OCH3 is 2. The van der Waals surface area contributed by atoms with Crippen LogP contribution in [-0.4, -0.2) is 29.7 Å². The molecule has 0 saturated carbocycles. The number of imidazole rings is 1. The summed E-state index contributed by atoms with van der Waals surface area (Å²) in [5, 5.41) is 2.81. The van der Waals surface area contributed by atoms with Gasteiger partial charge in [-0.15, -0.1) is 0 Å². The van der Waals surface area contributed by atoms with Gasteiger partial charge in [0.25, 0.3) is 5.91 Å². The summed E-state index contributed by atoms with van der Waals surface area (Å²) in [5.41, 5.74) is 0.511. The van der Waals surface area contributed by atoms with Crippen LogP contribution in [0, 0.1) is 0 Å². The minimum absolute atomic E-state index is 0.186. The van der Waals surface area contributed by atoms with Crippen LogP contribution in [0.2, 0.25) is 0 Å². The fraction of sp³-hybridized carbons (Fsp3) is 0.286. The molecule has 0 aliphatic heterocycles. The van der Waals surface area contributed by atoms with Crippen LogP contribution in [-0.2, 0) is 13.6 Å². The second-order valence-corrected chi connectivity index (χ2v) is 4.21. The molecule has 20 heavy (non-hydrogen) atoms. The van der Waals surface area contributed by atoms with Crippen molar-refractivity contribution in [2.24, 2.45) is 7.05 Å². The number of amides is 1. The largest absolute Gasteiger partial charge is 0.493 e. The van der Waals surface area contributed by atoms with Gasteiger partial charge >= 0.3 is 0 Å². The molecular formula is C14H17N3O3. The van der Waals surface area contributed by atoms with E-state index in [0.29, 0.717) is 23.6 Å². The zero-order chi connectivity index (χ0) is 14.5. The highest BCUT2D eigenvalue weighted by Gasteiger charge is 2.11. The van der Waals surface area contributed by atoms with Gasteiger partial charge in [0.1, 0.15) is 5.82 Å². The first-order chi connectivity index (χ1) is 9.65. The van der Waals surface area contributed by atoms with Crippen molar-refractivity contribution in [3.63, 3.8) is 0 Å². The number of benzene rings is 1. The van der Waals surface area contributed by atoms with E-state index in [1.54, 1.807) is 31.5 Å². The van der Waals surface area contributed by atoms with E-state index in [1.807, 2.05) is 17.8 Å². The predicted octanol–water partition coefficient (Wildman–Crippen LogP) is 1.37. The van der Waals surface area contributed by atoms with E-state index < -0.39 is 0 Å². The first-order valence-corrected chi connectivity index (χ1v) is 6.12. The first kappa shape index (κ1) is 13.9. The van der Waals surface area contributed by atoms with Gasteiger partial charge in [0.05, 0.1) is 20.8 Å². The third kappa shape index (κ3) is 2.90. The van der Waals surface area contributed by atoms with Crippen LogP contribution in [0.5, 0.6) is 11.5 Å². The second-order valence-electron chi connectivity index (χ2n) is 4.21. The van der Waals surface area contributed by atoms with Crippen molar-refractivity contribution >= 4 is 5.91 Å². The van der Waals surface area contributed by atoms with Crippen LogP contribution in [0.3, 0.4) is 0 Å². The normalized spacial score (nSPS) is 10.2. The van der Waals surface area contributed by atoms with Gasteiger partial charge in [0.2, 0.25) is 0 Å². The fourth-order valence-corrected chi connectivity index (χ4v) is 1.81. The Hall–Kier alpha value is -2.50. The number of rotatable bonds is 5. The Morgan fingerprint density at radius 2 is 2.05 bits per heavy atom. The maximum atomic E-state index is 12.1. The SMILES string of the molecule is COc1ccc(C(=O)NCc2nccn2C)cc1OC. The van der Waals surface area contributed by atoms with Crippen molar-refractivity contribution in [1.82, 2.24) is 14.9 Å². The van der Waals surface area contributed by atoms with Crippen LogP contribution < -0.4 is 14.8 Å². The van der Waals surface area contributed by atoms with Crippen LogP contribution >= 0.6 is 0 Å². The second kappa shape index (κ2) is 6.10. The Balaban J connectivity index is 2.07. The van der Waals surface area contributed by atoms with Gasteiger partial charge in [-0.3, -0.25) is 4.79 Å². The topological polar surface area (TPSA) is 65.4 Å². The zero-order valence-corrected chi connectivity index (χ0v) is 11.7. The van der Waals surface area contributed by atoms with Crippen LogP contribution in [0.25, 0.3) is 0 Å². The summed E-state index contributed by atoms with van der Waals surface area (Å²) in [5.74, 6) is 1.72. The molecular weight excluding hydrogens is 258 g/mol. The van der Waals surface area contributed by atoms with Crippen molar-refractivity contribution in [2.75, 3.05) is 14.2 Å². The van der Waals surface area contributed by atoms with E-state index in [0.717, 1.165) is 5.82 Å². The Labute approximate surface area is 117 Å². The summed E-state index contributed by atoms with van der Waals surface area (Å²) < 4.78 is 12.2. The van der Waals surface area contributed by atoms with Gasteiger partial charge in [-0.1, -0.05) is 0 Å². The number of aryl methyl sites for hydroxylation is 1. The van der Waals surface area contributed by atoms with Gasteiger partial charge in [-0.05, 0) is 18.2 Å². The van der Waals surface area contributed by atoms with E-state index in [9.17, 15) is 4.79 Å². The number of carbonyl (C=O) groups excluding carboxylic acids is 1. The summed E-state index contributed by atoms with van der Waals surface area (Å²) in [6, 6.07) is 5.04. The van der Waals surface area contributed by atoms with E-state index in [2.05, 4.69) is 10.3 Å². The standard InChI is InChI=1S/C14H17N3O3/c1-17-7-6-15-13(17)9-16-14(18)10-4-5-11(19-2)12(8-10)20-3/h4-8H,9H2,1-3H3,(H,16,18). The minimum atomic E-state index is -0.186.